The van der Waals surface area contributed by atoms with Gasteiger partial charge in [0.15, 0.2) is 5.96 Å². The molecule has 150 valence electrons. The number of nitrogens with zero attached hydrogens (tertiary/aromatic N) is 6. The molecule has 2 aromatic rings. The first-order chi connectivity index (χ1) is 12.4. The maximum absolute atomic E-state index is 12.6. The molecule has 0 spiro atoms. The molecule has 27 heavy (non-hydrogen) atoms. The van der Waals surface area contributed by atoms with Crippen LogP contribution in [-0.2, 0) is 20.1 Å². The van der Waals surface area contributed by atoms with Crippen LogP contribution in [0.15, 0.2) is 29.8 Å². The Morgan fingerprint density at radius 1 is 1.41 bits per heavy atom. The van der Waals surface area contributed by atoms with Crippen LogP contribution < -0.4 is 5.32 Å². The van der Waals surface area contributed by atoms with Gasteiger partial charge < -0.3 is 14.8 Å². The summed E-state index contributed by atoms with van der Waals surface area (Å²) < 4.78 is 40.7. The average Bonchev–Trinajstić information content (AvgIpc) is 3.28. The number of imidazole rings is 1. The first-order valence-electron chi connectivity index (χ1n) is 8.36. The number of nitrogens with one attached hydrogen (secondary N) is 1. The fourth-order valence-electron chi connectivity index (χ4n) is 3.21. The molecular formula is C16H23F3IN7. The lowest BCUT2D eigenvalue weighted by Gasteiger charge is -2.21. The first kappa shape index (κ1) is 21.5. The van der Waals surface area contributed by atoms with Crippen molar-refractivity contribution < 1.29 is 13.2 Å². The molecule has 0 amide bonds. The standard InChI is InChI=1S/C16H22F3N7.HI/c1-20-15(22-8-14-21-4-6-26(14)11-16(17,18)19)25-5-3-12(10-25)13-7-23-24(2)9-13;/h4,6-7,9,12H,3,5,8,10-11H2,1-2H3,(H,20,22);1H. The van der Waals surface area contributed by atoms with Gasteiger partial charge in [-0.05, 0) is 12.0 Å². The number of aromatic nitrogens is 4. The number of hydrogen-bond acceptors (Lipinski definition) is 3. The Balaban J connectivity index is 0.00000261. The Morgan fingerprint density at radius 2 is 2.19 bits per heavy atom. The van der Waals surface area contributed by atoms with Crippen LogP contribution in [0, 0.1) is 0 Å². The topological polar surface area (TPSA) is 63.3 Å². The Kier molecular flexibility index (Phi) is 7.12. The largest absolute Gasteiger partial charge is 0.406 e. The van der Waals surface area contributed by atoms with Gasteiger partial charge in [0.05, 0.1) is 12.7 Å². The first-order valence-corrected chi connectivity index (χ1v) is 8.36. The van der Waals surface area contributed by atoms with Crippen LogP contribution in [0.4, 0.5) is 13.2 Å². The van der Waals surface area contributed by atoms with Gasteiger partial charge in [0, 0.05) is 51.7 Å². The predicted molar refractivity (Wildman–Crippen MR) is 106 cm³/mol. The highest BCUT2D eigenvalue weighted by Gasteiger charge is 2.29. The maximum Gasteiger partial charge on any atom is 0.406 e. The Bertz CT molecular complexity index is 768. The molecule has 0 radical (unpaired) electrons. The normalized spacial score (nSPS) is 17.9. The van der Waals surface area contributed by atoms with Gasteiger partial charge >= 0.3 is 6.18 Å². The van der Waals surface area contributed by atoms with E-state index < -0.39 is 12.7 Å². The summed E-state index contributed by atoms with van der Waals surface area (Å²) in [5.74, 6) is 1.36. The number of alkyl halides is 3. The Hall–Kier alpha value is -1.79. The summed E-state index contributed by atoms with van der Waals surface area (Å²) in [6.07, 6.45) is 3.30. The van der Waals surface area contributed by atoms with Gasteiger partial charge in [-0.1, -0.05) is 0 Å². The molecule has 1 saturated heterocycles. The number of hydrogen-bond donors (Lipinski definition) is 1. The van der Waals surface area contributed by atoms with Gasteiger partial charge in [0.2, 0.25) is 0 Å². The maximum atomic E-state index is 12.6. The predicted octanol–water partition coefficient (Wildman–Crippen LogP) is 2.36. The SMILES string of the molecule is CN=C(NCc1nccn1CC(F)(F)F)N1CCC(c2cnn(C)c2)C1.I. The van der Waals surface area contributed by atoms with E-state index in [0.29, 0.717) is 17.7 Å². The second kappa shape index (κ2) is 8.93. The van der Waals surface area contributed by atoms with Crippen molar-refractivity contribution >= 4 is 29.9 Å². The van der Waals surface area contributed by atoms with E-state index in [2.05, 4.69) is 25.3 Å². The molecule has 0 aromatic carbocycles. The van der Waals surface area contributed by atoms with Crippen molar-refractivity contribution in [3.05, 3.63) is 36.2 Å². The summed E-state index contributed by atoms with van der Waals surface area (Å²) >= 11 is 0. The third-order valence-electron chi connectivity index (χ3n) is 4.45. The van der Waals surface area contributed by atoms with Crippen molar-refractivity contribution in [2.45, 2.75) is 31.6 Å². The average molecular weight is 497 g/mol. The van der Waals surface area contributed by atoms with E-state index in [0.717, 1.165) is 24.1 Å². The summed E-state index contributed by atoms with van der Waals surface area (Å²) in [4.78, 5) is 10.4. The van der Waals surface area contributed by atoms with Gasteiger partial charge in [-0.15, -0.1) is 24.0 Å². The highest BCUT2D eigenvalue weighted by atomic mass is 127. The minimum Gasteiger partial charge on any atom is -0.349 e. The van der Waals surface area contributed by atoms with Crippen molar-refractivity contribution in [1.82, 2.24) is 29.5 Å². The van der Waals surface area contributed by atoms with Crippen LogP contribution in [0.3, 0.4) is 0 Å². The molecule has 3 heterocycles. The molecule has 0 saturated carbocycles. The van der Waals surface area contributed by atoms with E-state index in [9.17, 15) is 13.2 Å². The number of aryl methyl sites for hydroxylation is 1. The number of rotatable bonds is 4. The summed E-state index contributed by atoms with van der Waals surface area (Å²) in [6, 6.07) is 0. The van der Waals surface area contributed by atoms with Crippen molar-refractivity contribution in [2.24, 2.45) is 12.0 Å². The van der Waals surface area contributed by atoms with Crippen LogP contribution in [0.2, 0.25) is 0 Å². The molecule has 0 bridgehead atoms. The third-order valence-corrected chi connectivity index (χ3v) is 4.45. The summed E-state index contributed by atoms with van der Waals surface area (Å²) in [5, 5.41) is 7.33. The molecule has 1 unspecified atom stereocenters. The number of guanidine groups is 1. The molecule has 11 heteroatoms. The minimum atomic E-state index is -4.27. The van der Waals surface area contributed by atoms with E-state index in [1.807, 2.05) is 19.4 Å². The van der Waals surface area contributed by atoms with Gasteiger partial charge in [0.1, 0.15) is 12.4 Å². The van der Waals surface area contributed by atoms with E-state index in [1.54, 1.807) is 11.7 Å². The molecule has 3 rings (SSSR count). The van der Waals surface area contributed by atoms with Crippen LogP contribution >= 0.6 is 24.0 Å². The minimum absolute atomic E-state index is 0. The zero-order valence-corrected chi connectivity index (χ0v) is 17.5. The van der Waals surface area contributed by atoms with Gasteiger partial charge in [-0.3, -0.25) is 9.67 Å². The lowest BCUT2D eigenvalue weighted by molar-refractivity contribution is -0.141. The molecular weight excluding hydrogens is 474 g/mol. The molecule has 1 fully saturated rings. The van der Waals surface area contributed by atoms with E-state index in [1.165, 1.54) is 18.0 Å². The second-order valence-electron chi connectivity index (χ2n) is 6.37. The molecule has 7 nitrogen and oxygen atoms in total. The molecule has 0 aliphatic carbocycles. The van der Waals surface area contributed by atoms with Gasteiger partial charge in [-0.25, -0.2) is 4.98 Å². The quantitative estimate of drug-likeness (QED) is 0.401. The lowest BCUT2D eigenvalue weighted by atomic mass is 10.0. The smallest absolute Gasteiger partial charge is 0.349 e. The second-order valence-corrected chi connectivity index (χ2v) is 6.37. The van der Waals surface area contributed by atoms with Gasteiger partial charge in [-0.2, -0.15) is 18.3 Å². The van der Waals surface area contributed by atoms with Crippen molar-refractivity contribution in [3.8, 4) is 0 Å². The summed E-state index contributed by atoms with van der Waals surface area (Å²) in [7, 11) is 3.56. The Morgan fingerprint density at radius 3 is 2.81 bits per heavy atom. The van der Waals surface area contributed by atoms with E-state index in [-0.39, 0.29) is 30.5 Å². The lowest BCUT2D eigenvalue weighted by Crippen LogP contribution is -2.40. The molecule has 1 aliphatic rings. The van der Waals surface area contributed by atoms with Gasteiger partial charge in [0.25, 0.3) is 0 Å². The zero-order chi connectivity index (χ0) is 18.7. The third kappa shape index (κ3) is 5.59. The number of halogens is 4. The van der Waals surface area contributed by atoms with Crippen molar-refractivity contribution in [3.63, 3.8) is 0 Å². The molecule has 1 aliphatic heterocycles. The van der Waals surface area contributed by atoms with Crippen LogP contribution in [0.1, 0.15) is 23.7 Å². The molecule has 2 aromatic heterocycles. The van der Waals surface area contributed by atoms with Crippen LogP contribution in [0.5, 0.6) is 0 Å². The number of likely N-dealkylation sites (tertiary alicyclic amines) is 1. The van der Waals surface area contributed by atoms with Crippen LogP contribution in [0.25, 0.3) is 0 Å². The summed E-state index contributed by atoms with van der Waals surface area (Å²) in [5.41, 5.74) is 1.19. The fourth-order valence-corrected chi connectivity index (χ4v) is 3.21. The zero-order valence-electron chi connectivity index (χ0n) is 15.1. The monoisotopic (exact) mass is 497 g/mol. The molecule has 1 N–H and O–H groups in total. The summed E-state index contributed by atoms with van der Waals surface area (Å²) in [6.45, 7) is 0.762. The highest BCUT2D eigenvalue weighted by Crippen LogP contribution is 2.26. The highest BCUT2D eigenvalue weighted by molar-refractivity contribution is 14.0. The van der Waals surface area contributed by atoms with E-state index in [4.69, 9.17) is 0 Å². The van der Waals surface area contributed by atoms with Crippen LogP contribution in [-0.4, -0.2) is 56.5 Å². The van der Waals surface area contributed by atoms with Crippen molar-refractivity contribution in [1.29, 1.82) is 0 Å². The van der Waals surface area contributed by atoms with E-state index >= 15 is 0 Å². The molecule has 1 atom stereocenters. The van der Waals surface area contributed by atoms with Crippen molar-refractivity contribution in [2.75, 3.05) is 20.1 Å². The fraction of sp³-hybridized carbons (Fsp3) is 0.562. The number of aliphatic imine (C=N–C) groups is 1. The Labute approximate surface area is 172 Å².